The lowest BCUT2D eigenvalue weighted by atomic mass is 10.1. The van der Waals surface area contributed by atoms with E-state index in [9.17, 15) is 18.0 Å². The zero-order valence-electron chi connectivity index (χ0n) is 20.6. The molecule has 2 aromatic rings. The van der Waals surface area contributed by atoms with Crippen molar-refractivity contribution in [2.24, 2.45) is 0 Å². The number of halogens is 2. The maximum Gasteiger partial charge on any atom is 0.244 e. The van der Waals surface area contributed by atoms with Gasteiger partial charge in [-0.3, -0.25) is 13.9 Å². The number of nitrogens with one attached hydrogen (secondary N) is 1. The van der Waals surface area contributed by atoms with Crippen molar-refractivity contribution in [3.63, 3.8) is 0 Å². The van der Waals surface area contributed by atoms with Crippen LogP contribution in [0, 0.1) is 6.92 Å². The number of carbonyl (C=O) groups is 2. The van der Waals surface area contributed by atoms with Gasteiger partial charge in [0, 0.05) is 18.1 Å². The Bertz CT molecular complexity index is 1140. The molecule has 35 heavy (non-hydrogen) atoms. The van der Waals surface area contributed by atoms with Gasteiger partial charge in [0.05, 0.1) is 17.0 Å². The second-order valence-electron chi connectivity index (χ2n) is 8.38. The molecule has 0 bridgehead atoms. The number of hydrogen-bond acceptors (Lipinski definition) is 4. The minimum atomic E-state index is -3.89. The van der Waals surface area contributed by atoms with Gasteiger partial charge in [-0.05, 0) is 49.1 Å². The first kappa shape index (κ1) is 28.9. The molecule has 0 saturated heterocycles. The normalized spacial score (nSPS) is 12.2. The van der Waals surface area contributed by atoms with Gasteiger partial charge < -0.3 is 10.2 Å². The average Bonchev–Trinajstić information content (AvgIpc) is 2.79. The van der Waals surface area contributed by atoms with Gasteiger partial charge in [0.2, 0.25) is 21.8 Å². The number of hydrogen-bond donors (Lipinski definition) is 1. The lowest BCUT2D eigenvalue weighted by molar-refractivity contribution is -0.140. The predicted octanol–water partition coefficient (Wildman–Crippen LogP) is 4.79. The van der Waals surface area contributed by atoms with Crippen LogP contribution in [0.5, 0.6) is 0 Å². The van der Waals surface area contributed by atoms with Crippen molar-refractivity contribution in [2.75, 3.05) is 23.7 Å². The van der Waals surface area contributed by atoms with Crippen molar-refractivity contribution in [2.45, 2.75) is 52.6 Å². The lowest BCUT2D eigenvalue weighted by Gasteiger charge is -2.33. The van der Waals surface area contributed by atoms with E-state index in [1.165, 1.54) is 23.1 Å². The molecule has 2 amide bonds. The monoisotopic (exact) mass is 541 g/mol. The number of rotatable bonds is 12. The predicted molar refractivity (Wildman–Crippen MR) is 142 cm³/mol. The second kappa shape index (κ2) is 13.1. The molecule has 0 aliphatic heterocycles. The number of unbranched alkanes of at least 4 members (excludes halogenated alkanes) is 1. The van der Waals surface area contributed by atoms with Crippen LogP contribution in [-0.2, 0) is 26.2 Å². The molecule has 0 aromatic heterocycles. The first-order chi connectivity index (χ1) is 16.5. The maximum absolute atomic E-state index is 13.7. The van der Waals surface area contributed by atoms with Gasteiger partial charge in [-0.25, -0.2) is 8.42 Å². The van der Waals surface area contributed by atoms with E-state index in [4.69, 9.17) is 23.2 Å². The smallest absolute Gasteiger partial charge is 0.244 e. The summed E-state index contributed by atoms with van der Waals surface area (Å²) in [6.07, 6.45) is 3.11. The summed E-state index contributed by atoms with van der Waals surface area (Å²) in [6.45, 7) is 5.92. The van der Waals surface area contributed by atoms with Crippen molar-refractivity contribution in [1.29, 1.82) is 0 Å². The number of benzene rings is 2. The fourth-order valence-electron chi connectivity index (χ4n) is 3.67. The van der Waals surface area contributed by atoms with Gasteiger partial charge in [-0.1, -0.05) is 67.7 Å². The minimum Gasteiger partial charge on any atom is -0.354 e. The van der Waals surface area contributed by atoms with Crippen molar-refractivity contribution in [3.05, 3.63) is 63.6 Å². The van der Waals surface area contributed by atoms with E-state index in [1.807, 2.05) is 45.0 Å². The van der Waals surface area contributed by atoms with Gasteiger partial charge >= 0.3 is 0 Å². The Morgan fingerprint density at radius 1 is 1.09 bits per heavy atom. The topological polar surface area (TPSA) is 86.8 Å². The van der Waals surface area contributed by atoms with Crippen molar-refractivity contribution in [1.82, 2.24) is 10.2 Å². The Balaban J connectivity index is 2.46. The lowest BCUT2D eigenvalue weighted by Crippen LogP contribution is -2.52. The molecule has 0 spiro atoms. The molecular formula is C25H33Cl2N3O4S. The van der Waals surface area contributed by atoms with E-state index in [1.54, 1.807) is 0 Å². The van der Waals surface area contributed by atoms with Crippen LogP contribution in [0.3, 0.4) is 0 Å². The van der Waals surface area contributed by atoms with Crippen LogP contribution < -0.4 is 9.62 Å². The quantitative estimate of drug-likeness (QED) is 0.391. The highest BCUT2D eigenvalue weighted by molar-refractivity contribution is 7.92. The molecule has 2 aromatic carbocycles. The van der Waals surface area contributed by atoms with E-state index in [-0.39, 0.29) is 28.2 Å². The summed E-state index contributed by atoms with van der Waals surface area (Å²) < 4.78 is 26.3. The fourth-order valence-corrected chi connectivity index (χ4v) is 4.96. The molecule has 0 aliphatic rings. The van der Waals surface area contributed by atoms with Gasteiger partial charge in [0.15, 0.2) is 0 Å². The first-order valence-electron chi connectivity index (χ1n) is 11.5. The highest BCUT2D eigenvalue weighted by atomic mass is 35.5. The highest BCUT2D eigenvalue weighted by Crippen LogP contribution is 2.31. The fraction of sp³-hybridized carbons (Fsp3) is 0.440. The Kier molecular flexibility index (Phi) is 10.9. The van der Waals surface area contributed by atoms with Crippen LogP contribution in [0.1, 0.15) is 44.2 Å². The van der Waals surface area contributed by atoms with Crippen molar-refractivity contribution in [3.8, 4) is 0 Å². The summed E-state index contributed by atoms with van der Waals surface area (Å²) in [6, 6.07) is 11.2. The van der Waals surface area contributed by atoms with Gasteiger partial charge in [0.25, 0.3) is 0 Å². The summed E-state index contributed by atoms with van der Waals surface area (Å²) in [7, 11) is -3.89. The zero-order chi connectivity index (χ0) is 26.2. The Labute approximate surface area is 218 Å². The van der Waals surface area contributed by atoms with E-state index >= 15 is 0 Å². The summed E-state index contributed by atoms with van der Waals surface area (Å²) >= 11 is 12.3. The second-order valence-corrected chi connectivity index (χ2v) is 11.1. The van der Waals surface area contributed by atoms with E-state index in [2.05, 4.69) is 5.32 Å². The number of amides is 2. The Hall–Kier alpha value is -2.29. The Morgan fingerprint density at radius 3 is 2.37 bits per heavy atom. The molecule has 0 saturated carbocycles. The molecule has 2 rings (SSSR count). The van der Waals surface area contributed by atoms with Crippen LogP contribution in [0.4, 0.5) is 5.69 Å². The van der Waals surface area contributed by atoms with Crippen molar-refractivity contribution >= 4 is 50.7 Å². The highest BCUT2D eigenvalue weighted by Gasteiger charge is 2.32. The third-order valence-corrected chi connectivity index (χ3v) is 7.35. The standard InChI is InChI=1S/C25H33Cl2N3O4S/c1-5-7-14-28-25(32)22(6-2)29(16-19-11-9-8-10-18(19)3)24(31)17-30(35(4,33)34)23-15-20(26)12-13-21(23)27/h8-13,15,22H,5-7,14,16-17H2,1-4H3,(H,28,32)/t22-/m0/s1. The number of anilines is 1. The summed E-state index contributed by atoms with van der Waals surface area (Å²) in [4.78, 5) is 28.2. The molecule has 1 N–H and O–H groups in total. The van der Waals surface area contributed by atoms with E-state index in [0.717, 1.165) is 34.5 Å². The van der Waals surface area contributed by atoms with E-state index < -0.39 is 28.5 Å². The summed E-state index contributed by atoms with van der Waals surface area (Å²) in [5, 5.41) is 3.32. The summed E-state index contributed by atoms with van der Waals surface area (Å²) in [5.41, 5.74) is 1.93. The van der Waals surface area contributed by atoms with Crippen LogP contribution in [0.15, 0.2) is 42.5 Å². The third-order valence-electron chi connectivity index (χ3n) is 5.67. The van der Waals surface area contributed by atoms with Gasteiger partial charge in [-0.15, -0.1) is 0 Å². The van der Waals surface area contributed by atoms with Crippen LogP contribution in [0.25, 0.3) is 0 Å². The number of aryl methyl sites for hydroxylation is 1. The van der Waals surface area contributed by atoms with Gasteiger partial charge in [-0.2, -0.15) is 0 Å². The molecule has 0 aliphatic carbocycles. The van der Waals surface area contributed by atoms with Crippen LogP contribution >= 0.6 is 23.2 Å². The minimum absolute atomic E-state index is 0.103. The number of carbonyl (C=O) groups excluding carboxylic acids is 2. The maximum atomic E-state index is 13.7. The summed E-state index contributed by atoms with van der Waals surface area (Å²) in [5.74, 6) is -0.790. The molecule has 192 valence electrons. The van der Waals surface area contributed by atoms with E-state index in [0.29, 0.717) is 13.0 Å². The molecule has 10 heteroatoms. The molecule has 1 atom stereocenters. The molecule has 0 fully saturated rings. The first-order valence-corrected chi connectivity index (χ1v) is 14.1. The largest absolute Gasteiger partial charge is 0.354 e. The molecule has 0 unspecified atom stereocenters. The van der Waals surface area contributed by atoms with Gasteiger partial charge in [0.1, 0.15) is 12.6 Å². The number of sulfonamides is 1. The van der Waals surface area contributed by atoms with Crippen LogP contribution in [-0.4, -0.2) is 50.5 Å². The number of nitrogens with zero attached hydrogens (tertiary/aromatic N) is 2. The molecular weight excluding hydrogens is 509 g/mol. The third kappa shape index (κ3) is 8.12. The van der Waals surface area contributed by atoms with Crippen molar-refractivity contribution < 1.29 is 18.0 Å². The molecule has 0 heterocycles. The molecule has 0 radical (unpaired) electrons. The zero-order valence-corrected chi connectivity index (χ0v) is 22.9. The Morgan fingerprint density at radius 2 is 1.77 bits per heavy atom. The average molecular weight is 543 g/mol. The van der Waals surface area contributed by atoms with Crippen LogP contribution in [0.2, 0.25) is 10.0 Å². The molecule has 7 nitrogen and oxygen atoms in total. The SMILES string of the molecule is CCCCNC(=O)[C@H](CC)N(Cc1ccccc1C)C(=O)CN(c1cc(Cl)ccc1Cl)S(C)(=O)=O.